The van der Waals surface area contributed by atoms with E-state index >= 15 is 0 Å². The highest BCUT2D eigenvalue weighted by molar-refractivity contribution is 6.32. The topological polar surface area (TPSA) is 89.9 Å². The summed E-state index contributed by atoms with van der Waals surface area (Å²) in [5.41, 5.74) is -5.10. The van der Waals surface area contributed by atoms with Gasteiger partial charge in [-0.25, -0.2) is 23.7 Å². The van der Waals surface area contributed by atoms with E-state index in [1.807, 2.05) is 0 Å². The third-order valence-electron chi connectivity index (χ3n) is 3.22. The lowest BCUT2D eigenvalue weighted by Gasteiger charge is -2.12. The van der Waals surface area contributed by atoms with Crippen molar-refractivity contribution >= 4 is 11.6 Å². The average Bonchev–Trinajstić information content (AvgIpc) is 2.58. The lowest BCUT2D eigenvalue weighted by molar-refractivity contribution is -0.141. The van der Waals surface area contributed by atoms with Crippen LogP contribution in [0.2, 0.25) is 5.02 Å². The molecule has 0 fully saturated rings. The number of H-pyrrole nitrogens is 1. The molecule has 12 heteroatoms. The van der Waals surface area contributed by atoms with Crippen molar-refractivity contribution in [3.05, 3.63) is 74.0 Å². The quantitative estimate of drug-likeness (QED) is 0.680. The number of hydrogen-bond donors (Lipinski definition) is 1. The van der Waals surface area contributed by atoms with Crippen LogP contribution in [0.15, 0.2) is 46.2 Å². The van der Waals surface area contributed by atoms with Gasteiger partial charge in [-0.05, 0) is 12.1 Å². The van der Waals surface area contributed by atoms with E-state index in [0.29, 0.717) is 0 Å². The number of alkyl halides is 3. The van der Waals surface area contributed by atoms with Crippen LogP contribution in [0, 0.1) is 5.82 Å². The van der Waals surface area contributed by atoms with Gasteiger partial charge in [-0.3, -0.25) is 4.79 Å². The Morgan fingerprint density at radius 1 is 1.11 bits per heavy atom. The number of halogens is 5. The smallest absolute Gasteiger partial charge is 0.423 e. The van der Waals surface area contributed by atoms with E-state index in [1.165, 1.54) is 23.4 Å². The van der Waals surface area contributed by atoms with Crippen molar-refractivity contribution in [2.45, 2.75) is 6.18 Å². The van der Waals surface area contributed by atoms with Gasteiger partial charge < -0.3 is 9.72 Å². The first-order valence-corrected chi connectivity index (χ1v) is 7.42. The van der Waals surface area contributed by atoms with Gasteiger partial charge >= 0.3 is 17.9 Å². The molecule has 1 aromatic carbocycles. The maximum atomic E-state index is 14.2. The molecule has 0 saturated carbocycles. The van der Waals surface area contributed by atoms with Gasteiger partial charge in [0.15, 0.2) is 5.75 Å². The van der Waals surface area contributed by atoms with Gasteiger partial charge in [-0.2, -0.15) is 13.2 Å². The van der Waals surface area contributed by atoms with Crippen molar-refractivity contribution in [1.82, 2.24) is 19.5 Å². The van der Waals surface area contributed by atoms with Gasteiger partial charge in [0.05, 0.1) is 10.7 Å². The molecule has 1 N–H and O–H groups in total. The molecule has 0 aliphatic rings. The average molecular weight is 403 g/mol. The second kappa shape index (κ2) is 6.83. The predicted octanol–water partition coefficient (Wildman–Crippen LogP) is 2.92. The number of rotatable bonds is 3. The van der Waals surface area contributed by atoms with E-state index in [2.05, 4.69) is 9.97 Å². The fourth-order valence-corrected chi connectivity index (χ4v) is 2.27. The summed E-state index contributed by atoms with van der Waals surface area (Å²) < 4.78 is 57.7. The van der Waals surface area contributed by atoms with Crippen LogP contribution in [0.3, 0.4) is 0 Å². The van der Waals surface area contributed by atoms with Gasteiger partial charge in [0.2, 0.25) is 0 Å². The molecule has 0 spiro atoms. The largest absolute Gasteiger partial charge is 0.431 e. The van der Waals surface area contributed by atoms with E-state index in [4.69, 9.17) is 16.3 Å². The Balaban J connectivity index is 2.14. The number of ether oxygens (including phenoxy) is 1. The molecule has 0 amide bonds. The van der Waals surface area contributed by atoms with Gasteiger partial charge in [0.25, 0.3) is 5.56 Å². The highest BCUT2D eigenvalue weighted by Gasteiger charge is 2.33. The monoisotopic (exact) mass is 402 g/mol. The van der Waals surface area contributed by atoms with E-state index < -0.39 is 34.6 Å². The van der Waals surface area contributed by atoms with Crippen LogP contribution >= 0.6 is 11.6 Å². The van der Waals surface area contributed by atoms with Gasteiger partial charge in [0.1, 0.15) is 11.5 Å². The maximum Gasteiger partial charge on any atom is 0.431 e. The molecule has 0 atom stereocenters. The molecule has 0 aliphatic heterocycles. The zero-order valence-electron chi connectivity index (χ0n) is 12.9. The number of nitrogens with one attached hydrogen (secondary N) is 1. The Bertz CT molecular complexity index is 1080. The first kappa shape index (κ1) is 18.6. The molecular weight excluding hydrogens is 396 g/mol. The summed E-state index contributed by atoms with van der Waals surface area (Å²) >= 11 is 5.86. The first-order chi connectivity index (χ1) is 12.7. The molecule has 0 aliphatic carbocycles. The first-order valence-electron chi connectivity index (χ1n) is 7.04. The number of benzene rings is 1. The van der Waals surface area contributed by atoms with E-state index in [-0.39, 0.29) is 27.4 Å². The third kappa shape index (κ3) is 3.82. The Morgan fingerprint density at radius 3 is 2.37 bits per heavy atom. The molecule has 3 rings (SSSR count). The molecule has 2 heterocycles. The molecule has 140 valence electrons. The van der Waals surface area contributed by atoms with Crippen LogP contribution in [-0.2, 0) is 6.18 Å². The Kier molecular flexibility index (Phi) is 4.70. The highest BCUT2D eigenvalue weighted by Crippen LogP contribution is 2.31. The zero-order valence-corrected chi connectivity index (χ0v) is 13.7. The van der Waals surface area contributed by atoms with Crippen molar-refractivity contribution < 1.29 is 22.3 Å². The summed E-state index contributed by atoms with van der Waals surface area (Å²) in [6.45, 7) is 0. The minimum atomic E-state index is -4.95. The van der Waals surface area contributed by atoms with Crippen LogP contribution in [0.5, 0.6) is 11.8 Å². The standard InChI is InChI=1S/C15H7ClF4N4O3/c16-7-4-8(17)9(5-10(7)27-13-21-2-1-3-22-13)24-12(25)6-11(15(18,19)20)23-14(24)26/h1-6H,(H,23,26). The molecule has 27 heavy (non-hydrogen) atoms. The second-order valence-electron chi connectivity index (χ2n) is 5.03. The van der Waals surface area contributed by atoms with Gasteiger partial charge in [-0.15, -0.1) is 0 Å². The van der Waals surface area contributed by atoms with Crippen molar-refractivity contribution in [2.75, 3.05) is 0 Å². The lowest BCUT2D eigenvalue weighted by Crippen LogP contribution is -2.36. The minimum absolute atomic E-state index is 0.135. The number of nitrogens with zero attached hydrogens (tertiary/aromatic N) is 3. The Morgan fingerprint density at radius 2 is 1.78 bits per heavy atom. The maximum absolute atomic E-state index is 14.2. The second-order valence-corrected chi connectivity index (χ2v) is 5.43. The summed E-state index contributed by atoms with van der Waals surface area (Å²) in [6, 6.07) is 3.09. The summed E-state index contributed by atoms with van der Waals surface area (Å²) in [6.07, 6.45) is -2.24. The number of aromatic nitrogens is 4. The fourth-order valence-electron chi connectivity index (χ4n) is 2.08. The summed E-state index contributed by atoms with van der Waals surface area (Å²) in [4.78, 5) is 33.0. The number of hydrogen-bond acceptors (Lipinski definition) is 5. The SMILES string of the molecule is O=c1cc(C(F)(F)F)[nH]c(=O)n1-c1cc(Oc2ncccn2)c(Cl)cc1F. The van der Waals surface area contributed by atoms with Crippen molar-refractivity contribution in [1.29, 1.82) is 0 Å². The Labute approximate surface area is 151 Å². The van der Waals surface area contributed by atoms with E-state index in [9.17, 15) is 27.2 Å². The molecule has 0 saturated heterocycles. The molecule has 0 unspecified atom stereocenters. The van der Waals surface area contributed by atoms with Crippen molar-refractivity contribution in [3.63, 3.8) is 0 Å². The minimum Gasteiger partial charge on any atom is -0.423 e. The molecule has 3 aromatic rings. The summed E-state index contributed by atoms with van der Waals surface area (Å²) in [7, 11) is 0. The molecule has 0 bridgehead atoms. The predicted molar refractivity (Wildman–Crippen MR) is 84.7 cm³/mol. The summed E-state index contributed by atoms with van der Waals surface area (Å²) in [5.74, 6) is -1.35. The lowest BCUT2D eigenvalue weighted by atomic mass is 10.2. The van der Waals surface area contributed by atoms with Crippen LogP contribution in [0.25, 0.3) is 5.69 Å². The van der Waals surface area contributed by atoms with Crippen molar-refractivity contribution in [3.8, 4) is 17.4 Å². The Hall–Kier alpha value is -3.21. The van der Waals surface area contributed by atoms with Crippen LogP contribution < -0.4 is 16.0 Å². The van der Waals surface area contributed by atoms with E-state index in [0.717, 1.165) is 12.1 Å². The van der Waals surface area contributed by atoms with Gasteiger partial charge in [-0.1, -0.05) is 11.6 Å². The molecular formula is C15H7ClF4N4O3. The molecule has 0 radical (unpaired) electrons. The third-order valence-corrected chi connectivity index (χ3v) is 3.52. The normalized spacial score (nSPS) is 11.4. The van der Waals surface area contributed by atoms with Crippen molar-refractivity contribution in [2.24, 2.45) is 0 Å². The van der Waals surface area contributed by atoms with E-state index in [1.54, 1.807) is 0 Å². The highest BCUT2D eigenvalue weighted by atomic mass is 35.5. The molecule has 7 nitrogen and oxygen atoms in total. The van der Waals surface area contributed by atoms with Gasteiger partial charge in [0, 0.05) is 24.5 Å². The van der Waals surface area contributed by atoms with Crippen LogP contribution in [-0.4, -0.2) is 19.5 Å². The van der Waals surface area contributed by atoms with Crippen LogP contribution in [0.4, 0.5) is 17.6 Å². The molecule has 2 aromatic heterocycles. The van der Waals surface area contributed by atoms with Crippen LogP contribution in [0.1, 0.15) is 5.69 Å². The fraction of sp³-hybridized carbons (Fsp3) is 0.0667. The zero-order chi connectivity index (χ0) is 19.8. The number of aromatic amines is 1. The summed E-state index contributed by atoms with van der Waals surface area (Å²) in [5, 5.41) is -0.236.